The molecule has 32 heavy (non-hydrogen) atoms. The van der Waals surface area contributed by atoms with Crippen LogP contribution >= 0.6 is 11.3 Å². The number of ether oxygens (including phenoxy) is 2. The monoisotopic (exact) mass is 451 g/mol. The number of aryl methyl sites for hydroxylation is 1. The minimum absolute atomic E-state index is 0.205. The molecule has 1 aliphatic carbocycles. The van der Waals surface area contributed by atoms with Gasteiger partial charge in [-0.1, -0.05) is 0 Å². The van der Waals surface area contributed by atoms with Gasteiger partial charge in [0.25, 0.3) is 11.8 Å². The molecule has 0 radical (unpaired) electrons. The molecule has 0 saturated carbocycles. The Labute approximate surface area is 190 Å². The first kappa shape index (κ1) is 21.8. The van der Waals surface area contributed by atoms with Crippen molar-refractivity contribution in [2.75, 3.05) is 19.5 Å². The zero-order valence-corrected chi connectivity index (χ0v) is 18.9. The number of aromatic nitrogens is 1. The lowest BCUT2D eigenvalue weighted by atomic mass is 9.95. The molecule has 2 amide bonds. The van der Waals surface area contributed by atoms with Gasteiger partial charge >= 0.3 is 0 Å². The lowest BCUT2D eigenvalue weighted by Gasteiger charge is -2.14. The summed E-state index contributed by atoms with van der Waals surface area (Å²) in [5.41, 5.74) is 2.90. The summed E-state index contributed by atoms with van der Waals surface area (Å²) in [4.78, 5) is 31.2. The number of fused-ring (bicyclic) bond motifs is 1. The van der Waals surface area contributed by atoms with E-state index in [-0.39, 0.29) is 11.8 Å². The van der Waals surface area contributed by atoms with Crippen molar-refractivity contribution in [3.8, 4) is 11.5 Å². The molecule has 0 unspecified atom stereocenters. The second-order valence-electron chi connectivity index (χ2n) is 7.47. The van der Waals surface area contributed by atoms with Crippen molar-refractivity contribution >= 4 is 28.2 Å². The SMILES string of the molecule is COc1ccc(CNC(=O)c2c(NC(=O)c3cccnc3)sc3c2CCCC3)c(OC)c1. The third-order valence-corrected chi connectivity index (χ3v) is 6.69. The fraction of sp³-hybridized carbons (Fsp3) is 0.292. The molecule has 8 heteroatoms. The first-order chi connectivity index (χ1) is 15.6. The number of rotatable bonds is 7. The van der Waals surface area contributed by atoms with Gasteiger partial charge in [0.15, 0.2) is 0 Å². The summed E-state index contributed by atoms with van der Waals surface area (Å²) in [6, 6.07) is 8.89. The van der Waals surface area contributed by atoms with Crippen LogP contribution < -0.4 is 20.1 Å². The number of carbonyl (C=O) groups excluding carboxylic acids is 2. The number of nitrogens with one attached hydrogen (secondary N) is 2. The number of hydrogen-bond acceptors (Lipinski definition) is 6. The standard InChI is InChI=1S/C24H25N3O4S/c1-30-17-10-9-15(19(12-17)31-2)14-26-23(29)21-18-7-3-4-8-20(18)32-24(21)27-22(28)16-6-5-11-25-13-16/h5-6,9-13H,3-4,7-8,14H2,1-2H3,(H,26,29)(H,27,28). The summed E-state index contributed by atoms with van der Waals surface area (Å²) in [6.07, 6.45) is 7.02. The maximum atomic E-state index is 13.3. The Morgan fingerprint density at radius 2 is 1.94 bits per heavy atom. The van der Waals surface area contributed by atoms with Gasteiger partial charge in [-0.25, -0.2) is 0 Å². The lowest BCUT2D eigenvalue weighted by molar-refractivity contribution is 0.0951. The molecular weight excluding hydrogens is 426 g/mol. The molecule has 0 atom stereocenters. The van der Waals surface area contributed by atoms with Crippen LogP contribution in [0.2, 0.25) is 0 Å². The molecule has 7 nitrogen and oxygen atoms in total. The van der Waals surface area contributed by atoms with Crippen LogP contribution in [0.5, 0.6) is 11.5 Å². The molecule has 2 N–H and O–H groups in total. The van der Waals surface area contributed by atoms with E-state index in [1.54, 1.807) is 38.6 Å². The number of carbonyl (C=O) groups is 2. The molecule has 0 spiro atoms. The summed E-state index contributed by atoms with van der Waals surface area (Å²) in [5.74, 6) is 0.845. The van der Waals surface area contributed by atoms with E-state index in [1.165, 1.54) is 22.4 Å². The molecule has 3 aromatic rings. The number of hydrogen-bond donors (Lipinski definition) is 2. The summed E-state index contributed by atoms with van der Waals surface area (Å²) in [6.45, 7) is 0.298. The Hall–Kier alpha value is -3.39. The zero-order valence-electron chi connectivity index (χ0n) is 18.1. The molecule has 166 valence electrons. The van der Waals surface area contributed by atoms with Gasteiger partial charge in [0.05, 0.1) is 25.3 Å². The Bertz CT molecular complexity index is 1130. The maximum absolute atomic E-state index is 13.3. The highest BCUT2D eigenvalue weighted by Crippen LogP contribution is 2.38. The predicted octanol–water partition coefficient (Wildman–Crippen LogP) is 4.22. The largest absolute Gasteiger partial charge is 0.497 e. The van der Waals surface area contributed by atoms with E-state index in [0.29, 0.717) is 34.2 Å². The van der Waals surface area contributed by atoms with Gasteiger partial charge in [-0.15, -0.1) is 11.3 Å². The molecule has 0 bridgehead atoms. The van der Waals surface area contributed by atoms with Gasteiger partial charge in [-0.3, -0.25) is 14.6 Å². The number of anilines is 1. The van der Waals surface area contributed by atoms with Crippen molar-refractivity contribution in [1.82, 2.24) is 10.3 Å². The number of amides is 2. The van der Waals surface area contributed by atoms with E-state index < -0.39 is 0 Å². The van der Waals surface area contributed by atoms with E-state index in [9.17, 15) is 9.59 Å². The highest BCUT2D eigenvalue weighted by Gasteiger charge is 2.26. The Kier molecular flexibility index (Phi) is 6.70. The van der Waals surface area contributed by atoms with Gasteiger partial charge in [0.1, 0.15) is 16.5 Å². The van der Waals surface area contributed by atoms with Crippen molar-refractivity contribution in [3.05, 3.63) is 69.9 Å². The molecular formula is C24H25N3O4S. The third kappa shape index (κ3) is 4.60. The van der Waals surface area contributed by atoms with Crippen LogP contribution in [0, 0.1) is 0 Å². The summed E-state index contributed by atoms with van der Waals surface area (Å²) in [5, 5.41) is 6.53. The molecule has 4 rings (SSSR count). The molecule has 1 aromatic carbocycles. The van der Waals surface area contributed by atoms with Crippen molar-refractivity contribution in [3.63, 3.8) is 0 Å². The van der Waals surface area contributed by atoms with E-state index in [0.717, 1.165) is 36.8 Å². The number of benzene rings is 1. The first-order valence-electron chi connectivity index (χ1n) is 10.5. The van der Waals surface area contributed by atoms with Crippen LogP contribution in [-0.4, -0.2) is 31.0 Å². The number of nitrogens with zero attached hydrogens (tertiary/aromatic N) is 1. The van der Waals surface area contributed by atoms with Crippen LogP contribution in [0.1, 0.15) is 49.6 Å². The van der Waals surface area contributed by atoms with Crippen molar-refractivity contribution in [2.24, 2.45) is 0 Å². The highest BCUT2D eigenvalue weighted by atomic mass is 32.1. The first-order valence-corrected chi connectivity index (χ1v) is 11.3. The van der Waals surface area contributed by atoms with Crippen LogP contribution in [0.4, 0.5) is 5.00 Å². The van der Waals surface area contributed by atoms with Crippen LogP contribution in [0.3, 0.4) is 0 Å². The smallest absolute Gasteiger partial charge is 0.257 e. The lowest BCUT2D eigenvalue weighted by Crippen LogP contribution is -2.25. The van der Waals surface area contributed by atoms with E-state index in [2.05, 4.69) is 15.6 Å². The van der Waals surface area contributed by atoms with Crippen LogP contribution in [0.25, 0.3) is 0 Å². The fourth-order valence-corrected chi connectivity index (χ4v) is 5.11. The van der Waals surface area contributed by atoms with Crippen molar-refractivity contribution in [1.29, 1.82) is 0 Å². The average molecular weight is 452 g/mol. The van der Waals surface area contributed by atoms with Gasteiger partial charge < -0.3 is 20.1 Å². The summed E-state index contributed by atoms with van der Waals surface area (Å²) >= 11 is 1.49. The van der Waals surface area contributed by atoms with E-state index in [4.69, 9.17) is 9.47 Å². The molecule has 2 heterocycles. The fourth-order valence-electron chi connectivity index (χ4n) is 3.83. The van der Waals surface area contributed by atoms with Gasteiger partial charge in [0.2, 0.25) is 0 Å². The molecule has 0 saturated heterocycles. The normalized spacial score (nSPS) is 12.6. The van der Waals surface area contributed by atoms with Gasteiger partial charge in [0, 0.05) is 35.4 Å². The average Bonchev–Trinajstić information content (AvgIpc) is 3.20. The predicted molar refractivity (Wildman–Crippen MR) is 124 cm³/mol. The molecule has 2 aromatic heterocycles. The van der Waals surface area contributed by atoms with Crippen LogP contribution in [-0.2, 0) is 19.4 Å². The molecule has 1 aliphatic rings. The Morgan fingerprint density at radius 1 is 1.09 bits per heavy atom. The highest BCUT2D eigenvalue weighted by molar-refractivity contribution is 7.17. The van der Waals surface area contributed by atoms with Crippen molar-refractivity contribution in [2.45, 2.75) is 32.2 Å². The number of thiophene rings is 1. The zero-order chi connectivity index (χ0) is 22.5. The van der Waals surface area contributed by atoms with E-state index in [1.807, 2.05) is 12.1 Å². The molecule has 0 fully saturated rings. The van der Waals surface area contributed by atoms with Crippen LogP contribution in [0.15, 0.2) is 42.7 Å². The Balaban J connectivity index is 1.57. The summed E-state index contributed by atoms with van der Waals surface area (Å²) in [7, 11) is 3.18. The minimum Gasteiger partial charge on any atom is -0.497 e. The molecule has 0 aliphatic heterocycles. The van der Waals surface area contributed by atoms with Gasteiger partial charge in [-0.05, 0) is 55.5 Å². The minimum atomic E-state index is -0.275. The third-order valence-electron chi connectivity index (χ3n) is 5.48. The quantitative estimate of drug-likeness (QED) is 0.561. The summed E-state index contributed by atoms with van der Waals surface area (Å²) < 4.78 is 10.7. The topological polar surface area (TPSA) is 89.6 Å². The second kappa shape index (κ2) is 9.82. The van der Waals surface area contributed by atoms with Crippen molar-refractivity contribution < 1.29 is 19.1 Å². The number of pyridine rings is 1. The maximum Gasteiger partial charge on any atom is 0.257 e. The Morgan fingerprint density at radius 3 is 2.69 bits per heavy atom. The van der Waals surface area contributed by atoms with Gasteiger partial charge in [-0.2, -0.15) is 0 Å². The number of methoxy groups -OCH3 is 2. The second-order valence-corrected chi connectivity index (χ2v) is 8.58. The van der Waals surface area contributed by atoms with E-state index >= 15 is 0 Å².